The maximum atomic E-state index is 11.6. The highest BCUT2D eigenvalue weighted by Gasteiger charge is 2.52. The Bertz CT molecular complexity index is 2050. The van der Waals surface area contributed by atoms with Crippen molar-refractivity contribution in [3.63, 3.8) is 0 Å². The molecule has 0 aromatic rings. The zero-order valence-electron chi connectivity index (χ0n) is 42.2. The van der Waals surface area contributed by atoms with Gasteiger partial charge in [0.2, 0.25) is 0 Å². The van der Waals surface area contributed by atoms with Crippen molar-refractivity contribution in [3.05, 3.63) is 70.9 Å². The average molecular weight is 909 g/mol. The third-order valence-corrected chi connectivity index (χ3v) is 16.2. The van der Waals surface area contributed by atoms with Crippen molar-refractivity contribution in [1.82, 2.24) is 0 Å². The Morgan fingerprint density at radius 1 is 0.712 bits per heavy atom. The fraction of sp³-hybridized carbons (Fsp3) is 0.690. The molecule has 8 heteroatoms. The van der Waals surface area contributed by atoms with Crippen molar-refractivity contribution >= 4 is 11.9 Å². The van der Waals surface area contributed by atoms with Crippen molar-refractivity contribution < 1.29 is 39.5 Å². The lowest BCUT2D eigenvalue weighted by atomic mass is 9.61. The summed E-state index contributed by atoms with van der Waals surface area (Å²) in [6.07, 6.45) is 22.5. The van der Waals surface area contributed by atoms with Crippen LogP contribution >= 0.6 is 0 Å². The number of carbonyl (C=O) groups excluding carboxylic acids is 2. The first-order valence-corrected chi connectivity index (χ1v) is 25.1. The molecule has 8 unspecified atom stereocenters. The summed E-state index contributed by atoms with van der Waals surface area (Å²) in [6.45, 7) is 27.6. The molecule has 12 atom stereocenters. The van der Waals surface area contributed by atoms with Crippen LogP contribution in [0, 0.1) is 70.0 Å². The van der Waals surface area contributed by atoms with E-state index in [0.717, 1.165) is 48.0 Å². The lowest BCUT2D eigenvalue weighted by Crippen LogP contribution is -2.36. The maximum absolute atomic E-state index is 11.6. The Balaban J connectivity index is 0.000000251. The summed E-state index contributed by atoms with van der Waals surface area (Å²) in [5.41, 5.74) is 5.25. The number of rotatable bonds is 8. The van der Waals surface area contributed by atoms with Crippen LogP contribution in [0.5, 0.6) is 0 Å². The zero-order valence-corrected chi connectivity index (χ0v) is 42.2. The average Bonchev–Trinajstić information content (AvgIpc) is 3.75. The van der Waals surface area contributed by atoms with E-state index in [1.807, 2.05) is 0 Å². The van der Waals surface area contributed by atoms with Crippen LogP contribution in [0.1, 0.15) is 172 Å². The lowest BCUT2D eigenvalue weighted by molar-refractivity contribution is -0.152. The topological polar surface area (TPSA) is 134 Å². The number of hydrogen-bond acceptors (Lipinski definition) is 8. The molecule has 6 fully saturated rings. The van der Waals surface area contributed by atoms with Gasteiger partial charge < -0.3 is 29.9 Å². The van der Waals surface area contributed by atoms with Gasteiger partial charge >= 0.3 is 11.9 Å². The Morgan fingerprint density at radius 2 is 1.17 bits per heavy atom. The van der Waals surface area contributed by atoms with Gasteiger partial charge in [-0.15, -0.1) is 11.8 Å². The Kier molecular flexibility index (Phi) is 17.9. The highest BCUT2D eigenvalue weighted by atomic mass is 16.6. The molecule has 0 radical (unpaired) electrons. The molecular weight excluding hydrogens is 825 g/mol. The van der Waals surface area contributed by atoms with E-state index < -0.39 is 29.5 Å². The molecule has 0 aliphatic heterocycles. The molecule has 0 aromatic heterocycles. The molecule has 0 amide bonds. The Morgan fingerprint density at radius 3 is 1.61 bits per heavy atom. The van der Waals surface area contributed by atoms with Crippen molar-refractivity contribution in [2.75, 3.05) is 0 Å². The standard InChI is InChI=1S/C31H44O5.C27H40O3/c1-20(10-8-16-30(5,6)34)27-14-15-28-24(11-9-17-31(27,28)7)12-13-25-18-26(35-22(3)32)19-29(21(25)2)36-23(4)33;1-18(8-6-14-26(3,4)30)23-12-13-24-20(9-7-15-27(23,24)5)10-11-21-16-22(28)17-25(29)19(21)2/h12-13,20,26-29,34H,2,9-11,14-15,17-19H2,1,3-7H3;10-11,18,22-25,28-30H,2,7-9,12-13,15-17H2,1,3-5H3/b24-12+,25-13-;20-10+,21-11-/t20?,26?,27?,28?,29-,31+;18?,22?,23?,24?,25-,27+/m00/s1. The fourth-order valence-corrected chi connectivity index (χ4v) is 13.1. The van der Waals surface area contributed by atoms with Gasteiger partial charge in [-0.3, -0.25) is 9.59 Å². The van der Waals surface area contributed by atoms with E-state index >= 15 is 0 Å². The molecule has 6 rings (SSSR count). The van der Waals surface area contributed by atoms with Gasteiger partial charge in [0.05, 0.1) is 12.2 Å². The van der Waals surface area contributed by atoms with Gasteiger partial charge in [0.25, 0.3) is 0 Å². The minimum absolute atomic E-state index is 0.253. The van der Waals surface area contributed by atoms with Gasteiger partial charge in [-0.2, -0.15) is 0 Å². The summed E-state index contributed by atoms with van der Waals surface area (Å²) in [6, 6.07) is 0. The number of ether oxygens (including phenoxy) is 2. The smallest absolute Gasteiger partial charge is 0.303 e. The molecule has 6 aliphatic carbocycles. The predicted octanol–water partition coefficient (Wildman–Crippen LogP) is 11.0. The molecule has 0 aromatic carbocycles. The molecule has 6 saturated carbocycles. The van der Waals surface area contributed by atoms with Crippen LogP contribution in [0.4, 0.5) is 0 Å². The minimum Gasteiger partial charge on any atom is -0.462 e. The summed E-state index contributed by atoms with van der Waals surface area (Å²) in [7, 11) is 0. The molecule has 8 nitrogen and oxygen atoms in total. The first-order chi connectivity index (χ1) is 30.8. The zero-order chi connectivity index (χ0) is 48.8. The molecule has 0 saturated heterocycles. The van der Waals surface area contributed by atoms with Gasteiger partial charge in [0, 0.05) is 46.0 Å². The number of hydrogen-bond donors (Lipinski definition) is 4. The summed E-state index contributed by atoms with van der Waals surface area (Å²) >= 11 is 0. The van der Waals surface area contributed by atoms with Crippen LogP contribution in [-0.4, -0.2) is 68.0 Å². The highest BCUT2D eigenvalue weighted by Crippen LogP contribution is 2.61. The Labute approximate surface area is 398 Å². The van der Waals surface area contributed by atoms with Gasteiger partial charge in [0.15, 0.2) is 0 Å². The first-order valence-electron chi connectivity index (χ1n) is 25.1. The molecule has 364 valence electrons. The second-order valence-electron chi connectivity index (χ2n) is 22.6. The maximum Gasteiger partial charge on any atom is 0.303 e. The summed E-state index contributed by atoms with van der Waals surface area (Å²) in [5.74, 6) is 15.1. The minimum atomic E-state index is -0.942. The number of aliphatic hydroxyl groups excluding tert-OH is 2. The summed E-state index contributed by atoms with van der Waals surface area (Å²) < 4.78 is 11.0. The van der Waals surface area contributed by atoms with Crippen LogP contribution in [0.2, 0.25) is 0 Å². The van der Waals surface area contributed by atoms with Crippen LogP contribution in [0.3, 0.4) is 0 Å². The van der Waals surface area contributed by atoms with Crippen molar-refractivity contribution in [2.45, 2.75) is 208 Å². The monoisotopic (exact) mass is 909 g/mol. The van der Waals surface area contributed by atoms with Crippen molar-refractivity contribution in [2.24, 2.45) is 46.3 Å². The summed E-state index contributed by atoms with van der Waals surface area (Å²) in [5, 5.41) is 39.9. The summed E-state index contributed by atoms with van der Waals surface area (Å²) in [4.78, 5) is 23.2. The second kappa shape index (κ2) is 22.2. The number of fused-ring (bicyclic) bond motifs is 2. The van der Waals surface area contributed by atoms with E-state index in [9.17, 15) is 30.0 Å². The van der Waals surface area contributed by atoms with E-state index in [1.54, 1.807) is 27.7 Å². The third-order valence-electron chi connectivity index (χ3n) is 16.2. The third kappa shape index (κ3) is 13.7. The number of esters is 2. The van der Waals surface area contributed by atoms with E-state index in [-0.39, 0.29) is 23.5 Å². The number of aliphatic hydroxyl groups is 4. The van der Waals surface area contributed by atoms with E-state index in [4.69, 9.17) is 9.47 Å². The van der Waals surface area contributed by atoms with E-state index in [1.165, 1.54) is 76.4 Å². The fourth-order valence-electron chi connectivity index (χ4n) is 13.1. The van der Waals surface area contributed by atoms with Gasteiger partial charge in [0.1, 0.15) is 23.4 Å². The predicted molar refractivity (Wildman–Crippen MR) is 264 cm³/mol. The van der Waals surface area contributed by atoms with Gasteiger partial charge in [-0.1, -0.05) is 88.1 Å². The molecule has 6 aliphatic rings. The molecule has 0 spiro atoms. The first kappa shape index (κ1) is 53.3. The number of allylic oxidation sites excluding steroid dienone is 6. The Hall–Kier alpha value is -3.66. The lowest BCUT2D eigenvalue weighted by Gasteiger charge is -2.44. The highest BCUT2D eigenvalue weighted by molar-refractivity contribution is 5.67. The molecule has 4 N–H and O–H groups in total. The van der Waals surface area contributed by atoms with E-state index in [2.05, 4.69) is 88.8 Å². The molecule has 66 heavy (non-hydrogen) atoms. The van der Waals surface area contributed by atoms with Gasteiger partial charge in [-0.05, 0) is 167 Å². The largest absolute Gasteiger partial charge is 0.462 e. The van der Waals surface area contributed by atoms with Crippen molar-refractivity contribution in [3.8, 4) is 23.7 Å². The number of carbonyl (C=O) groups is 2. The second-order valence-corrected chi connectivity index (χ2v) is 22.6. The van der Waals surface area contributed by atoms with Crippen LogP contribution in [0.25, 0.3) is 0 Å². The van der Waals surface area contributed by atoms with Crippen molar-refractivity contribution in [1.29, 1.82) is 0 Å². The molecule has 0 heterocycles. The van der Waals surface area contributed by atoms with E-state index in [0.29, 0.717) is 66.6 Å². The van der Waals surface area contributed by atoms with Crippen LogP contribution < -0.4 is 0 Å². The normalized spacial score (nSPS) is 35.7. The van der Waals surface area contributed by atoms with Gasteiger partial charge in [-0.25, -0.2) is 0 Å². The molecule has 0 bridgehead atoms. The quantitative estimate of drug-likeness (QED) is 0.140. The molecular formula is C58H84O8. The van der Waals surface area contributed by atoms with Crippen LogP contribution in [0.15, 0.2) is 70.9 Å². The van der Waals surface area contributed by atoms with Crippen LogP contribution in [-0.2, 0) is 19.1 Å². The SMILES string of the molecule is C=C1/C(=C\C=C2/CCC[C@@]3(C)C2CCC3C(C)CC#CC(C)(C)O)CC(O)C[C@@H]1O.C=C1/C(=C\C=C2/CCC[C@@]3(C)C2CCC3C(C)CC#CC(C)(C)O)CC(OC(C)=O)C[C@@H]1OC(C)=O.